The smallest absolute Gasteiger partial charge is 0.229 e. The Labute approximate surface area is 93.4 Å². The van der Waals surface area contributed by atoms with Gasteiger partial charge in [0.1, 0.15) is 5.75 Å². The van der Waals surface area contributed by atoms with E-state index in [4.69, 9.17) is 10.5 Å². The molecule has 0 heterocycles. The minimum Gasteiger partial charge on any atom is -0.497 e. The van der Waals surface area contributed by atoms with E-state index in [9.17, 15) is 9.59 Å². The number of ether oxygens (including phenoxy) is 1. The molecule has 0 spiro atoms. The van der Waals surface area contributed by atoms with Crippen molar-refractivity contribution in [3.63, 3.8) is 0 Å². The van der Waals surface area contributed by atoms with Gasteiger partial charge in [0, 0.05) is 11.1 Å². The molecule has 0 aliphatic rings. The minimum atomic E-state index is -0.492. The van der Waals surface area contributed by atoms with Gasteiger partial charge in [0.15, 0.2) is 6.29 Å². The highest BCUT2D eigenvalue weighted by Crippen LogP contribution is 2.15. The first-order valence-electron chi connectivity index (χ1n) is 4.57. The van der Waals surface area contributed by atoms with Crippen molar-refractivity contribution in [2.45, 2.75) is 6.42 Å². The average molecular weight is 217 g/mol. The van der Waals surface area contributed by atoms with Crippen LogP contribution in [-0.2, 0) is 4.79 Å². The lowest BCUT2D eigenvalue weighted by Gasteiger charge is -2.01. The molecule has 0 unspecified atom stereocenters. The van der Waals surface area contributed by atoms with Crippen LogP contribution >= 0.6 is 0 Å². The van der Waals surface area contributed by atoms with E-state index < -0.39 is 5.91 Å². The van der Waals surface area contributed by atoms with Gasteiger partial charge in [0.25, 0.3) is 0 Å². The molecule has 0 saturated carbocycles. The minimum absolute atomic E-state index is 0.0235. The van der Waals surface area contributed by atoms with Gasteiger partial charge in [-0.3, -0.25) is 9.59 Å². The van der Waals surface area contributed by atoms with Gasteiger partial charge < -0.3 is 10.5 Å². The van der Waals surface area contributed by atoms with Gasteiger partial charge >= 0.3 is 0 Å². The van der Waals surface area contributed by atoms with Crippen molar-refractivity contribution in [3.8, 4) is 17.6 Å². The van der Waals surface area contributed by atoms with Crippen LogP contribution in [-0.4, -0.2) is 19.3 Å². The summed E-state index contributed by atoms with van der Waals surface area (Å²) in [6.45, 7) is 0. The number of hydrogen-bond donors (Lipinski definition) is 1. The average Bonchev–Trinajstić information content (AvgIpc) is 2.29. The topological polar surface area (TPSA) is 69.4 Å². The number of aldehydes is 1. The van der Waals surface area contributed by atoms with Gasteiger partial charge in [0.2, 0.25) is 5.91 Å². The Kier molecular flexibility index (Phi) is 4.10. The van der Waals surface area contributed by atoms with Crippen molar-refractivity contribution >= 4 is 12.2 Å². The third-order valence-electron chi connectivity index (χ3n) is 1.87. The summed E-state index contributed by atoms with van der Waals surface area (Å²) in [5, 5.41) is 0. The molecule has 1 aromatic carbocycles. The van der Waals surface area contributed by atoms with Crippen LogP contribution in [0.3, 0.4) is 0 Å². The molecule has 1 rings (SSSR count). The fraction of sp³-hybridized carbons (Fsp3) is 0.167. The standard InChI is InChI=1S/C12H11NO3/c1-16-11-6-5-9(10(7-11)8-14)3-2-4-12(13)15/h5-8H,4H2,1H3,(H2,13,15). The van der Waals surface area contributed by atoms with Crippen LogP contribution in [0.15, 0.2) is 18.2 Å². The van der Waals surface area contributed by atoms with Crippen molar-refractivity contribution in [1.82, 2.24) is 0 Å². The zero-order valence-corrected chi connectivity index (χ0v) is 8.82. The molecule has 0 aliphatic heterocycles. The lowest BCUT2D eigenvalue weighted by atomic mass is 10.1. The molecule has 2 N–H and O–H groups in total. The van der Waals surface area contributed by atoms with Crippen LogP contribution in [0.5, 0.6) is 5.75 Å². The van der Waals surface area contributed by atoms with Crippen LogP contribution in [0.25, 0.3) is 0 Å². The number of primary amides is 1. The molecule has 0 saturated heterocycles. The number of methoxy groups -OCH3 is 1. The van der Waals surface area contributed by atoms with Crippen LogP contribution in [0.4, 0.5) is 0 Å². The van der Waals surface area contributed by atoms with E-state index in [-0.39, 0.29) is 6.42 Å². The largest absolute Gasteiger partial charge is 0.497 e. The molecule has 0 aliphatic carbocycles. The summed E-state index contributed by atoms with van der Waals surface area (Å²) in [5.74, 6) is 5.39. The highest BCUT2D eigenvalue weighted by atomic mass is 16.5. The predicted molar refractivity (Wildman–Crippen MR) is 59.1 cm³/mol. The second kappa shape index (κ2) is 5.56. The summed E-state index contributed by atoms with van der Waals surface area (Å²) in [5.41, 5.74) is 5.92. The maximum Gasteiger partial charge on any atom is 0.229 e. The number of rotatable bonds is 3. The molecule has 0 radical (unpaired) electrons. The Balaban J connectivity index is 2.98. The summed E-state index contributed by atoms with van der Waals surface area (Å²) in [4.78, 5) is 21.3. The lowest BCUT2D eigenvalue weighted by molar-refractivity contribution is -0.117. The molecular weight excluding hydrogens is 206 g/mol. The first kappa shape index (κ1) is 11.8. The predicted octanol–water partition coefficient (Wildman–Crippen LogP) is 0.735. The molecule has 0 fully saturated rings. The van der Waals surface area contributed by atoms with Gasteiger partial charge in [-0.2, -0.15) is 0 Å². The van der Waals surface area contributed by atoms with E-state index in [0.717, 1.165) is 0 Å². The Hall–Kier alpha value is -2.28. The van der Waals surface area contributed by atoms with Gasteiger partial charge in [0.05, 0.1) is 13.5 Å². The molecule has 0 aromatic heterocycles. The molecule has 4 heteroatoms. The molecule has 0 atom stereocenters. The molecule has 1 aromatic rings. The summed E-state index contributed by atoms with van der Waals surface area (Å²) >= 11 is 0. The summed E-state index contributed by atoms with van der Waals surface area (Å²) in [6.07, 6.45) is 0.668. The van der Waals surface area contributed by atoms with Gasteiger partial charge in [-0.25, -0.2) is 0 Å². The van der Waals surface area contributed by atoms with Crippen LogP contribution in [0.2, 0.25) is 0 Å². The fourth-order valence-electron chi connectivity index (χ4n) is 1.11. The van der Waals surface area contributed by atoms with Gasteiger partial charge in [-0.05, 0) is 18.2 Å². The highest BCUT2D eigenvalue weighted by Gasteiger charge is 2.00. The molecule has 16 heavy (non-hydrogen) atoms. The van der Waals surface area contributed by atoms with Crippen molar-refractivity contribution in [2.75, 3.05) is 7.11 Å². The Morgan fingerprint density at radius 3 is 2.88 bits per heavy atom. The normalized spacial score (nSPS) is 8.81. The number of nitrogens with two attached hydrogens (primary N) is 1. The lowest BCUT2D eigenvalue weighted by Crippen LogP contribution is -2.08. The fourth-order valence-corrected chi connectivity index (χ4v) is 1.11. The molecule has 4 nitrogen and oxygen atoms in total. The monoisotopic (exact) mass is 217 g/mol. The first-order valence-corrected chi connectivity index (χ1v) is 4.57. The summed E-state index contributed by atoms with van der Waals surface area (Å²) in [7, 11) is 1.52. The van der Waals surface area contributed by atoms with E-state index in [2.05, 4.69) is 11.8 Å². The van der Waals surface area contributed by atoms with Crippen LogP contribution in [0, 0.1) is 11.8 Å². The van der Waals surface area contributed by atoms with E-state index in [1.807, 2.05) is 0 Å². The second-order valence-corrected chi connectivity index (χ2v) is 3.02. The zero-order valence-electron chi connectivity index (χ0n) is 8.82. The molecule has 1 amide bonds. The Morgan fingerprint density at radius 2 is 2.31 bits per heavy atom. The second-order valence-electron chi connectivity index (χ2n) is 3.02. The first-order chi connectivity index (χ1) is 7.67. The van der Waals surface area contributed by atoms with E-state index >= 15 is 0 Å². The number of hydrogen-bond acceptors (Lipinski definition) is 3. The van der Waals surface area contributed by atoms with E-state index in [0.29, 0.717) is 23.2 Å². The summed E-state index contributed by atoms with van der Waals surface area (Å²) in [6, 6.07) is 4.94. The SMILES string of the molecule is COc1ccc(C#CCC(N)=O)c(C=O)c1. The third-order valence-corrected chi connectivity index (χ3v) is 1.87. The van der Waals surface area contributed by atoms with Crippen molar-refractivity contribution in [2.24, 2.45) is 5.73 Å². The molecular formula is C12H11NO3. The zero-order chi connectivity index (χ0) is 12.0. The van der Waals surface area contributed by atoms with Crippen molar-refractivity contribution in [3.05, 3.63) is 29.3 Å². The highest BCUT2D eigenvalue weighted by molar-refractivity contribution is 5.81. The van der Waals surface area contributed by atoms with Crippen LogP contribution in [0.1, 0.15) is 22.3 Å². The van der Waals surface area contributed by atoms with E-state index in [1.54, 1.807) is 18.2 Å². The number of benzene rings is 1. The van der Waals surface area contributed by atoms with Crippen molar-refractivity contribution in [1.29, 1.82) is 0 Å². The quantitative estimate of drug-likeness (QED) is 0.599. The van der Waals surface area contributed by atoms with Crippen LogP contribution < -0.4 is 10.5 Å². The van der Waals surface area contributed by atoms with Gasteiger partial charge in [-0.15, -0.1) is 0 Å². The Bertz CT molecular complexity index is 469. The molecule has 0 bridgehead atoms. The maximum atomic E-state index is 10.8. The van der Waals surface area contributed by atoms with Crippen molar-refractivity contribution < 1.29 is 14.3 Å². The molecule has 82 valence electrons. The van der Waals surface area contributed by atoms with Gasteiger partial charge in [-0.1, -0.05) is 11.8 Å². The number of carbonyl (C=O) groups is 2. The van der Waals surface area contributed by atoms with E-state index in [1.165, 1.54) is 7.11 Å². The summed E-state index contributed by atoms with van der Waals surface area (Å²) < 4.78 is 4.97. The third kappa shape index (κ3) is 3.14. The maximum absolute atomic E-state index is 10.8. The number of amides is 1. The Morgan fingerprint density at radius 1 is 1.56 bits per heavy atom. The number of carbonyl (C=O) groups excluding carboxylic acids is 2.